The Labute approximate surface area is 188 Å². The van der Waals surface area contributed by atoms with Gasteiger partial charge in [0.1, 0.15) is 11.6 Å². The maximum atomic E-state index is 5.51. The zero-order valence-corrected chi connectivity index (χ0v) is 18.8. The molecule has 6 heteroatoms. The third kappa shape index (κ3) is 4.44. The summed E-state index contributed by atoms with van der Waals surface area (Å²) in [6, 6.07) is 20.0. The topological polar surface area (TPSA) is 65.5 Å². The fraction of sp³-hybridized carbons (Fsp3) is 0.231. The highest BCUT2D eigenvalue weighted by Crippen LogP contribution is 2.35. The summed E-state index contributed by atoms with van der Waals surface area (Å²) in [4.78, 5) is 9.66. The molecule has 0 aliphatic heterocycles. The molecule has 0 aliphatic carbocycles. The minimum absolute atomic E-state index is 0.633. The molecular weight excluding hydrogens is 402 g/mol. The van der Waals surface area contributed by atoms with Crippen LogP contribution in [0.25, 0.3) is 22.3 Å². The van der Waals surface area contributed by atoms with Crippen LogP contribution in [0.15, 0.2) is 60.7 Å². The van der Waals surface area contributed by atoms with E-state index in [-0.39, 0.29) is 0 Å². The molecule has 0 radical (unpaired) electrons. The molecule has 0 atom stereocenters. The minimum Gasteiger partial charge on any atom is -0.496 e. The Morgan fingerprint density at radius 1 is 0.781 bits per heavy atom. The first-order valence-corrected chi connectivity index (χ1v) is 10.5. The van der Waals surface area contributed by atoms with Crippen LogP contribution in [0.2, 0.25) is 0 Å². The number of benzene rings is 3. The average molecular weight is 430 g/mol. The first-order chi connectivity index (χ1) is 15.6. The summed E-state index contributed by atoms with van der Waals surface area (Å²) < 4.78 is 16.5. The van der Waals surface area contributed by atoms with Gasteiger partial charge in [0.25, 0.3) is 0 Å². The SMILES string of the molecule is COc1ccccc1CCNc1nc(-c2ccc(C)cc2)nc2cc(OC)c(OC)cc12. The summed E-state index contributed by atoms with van der Waals surface area (Å²) in [5.41, 5.74) is 4.07. The number of aromatic nitrogens is 2. The zero-order chi connectivity index (χ0) is 22.5. The van der Waals surface area contributed by atoms with Crippen LogP contribution in [0.3, 0.4) is 0 Å². The summed E-state index contributed by atoms with van der Waals surface area (Å²) in [5.74, 6) is 3.56. The molecule has 32 heavy (non-hydrogen) atoms. The van der Waals surface area contributed by atoms with Crippen LogP contribution in [-0.2, 0) is 6.42 Å². The molecule has 0 spiro atoms. The van der Waals surface area contributed by atoms with Crippen LogP contribution in [0, 0.1) is 6.92 Å². The minimum atomic E-state index is 0.633. The van der Waals surface area contributed by atoms with Crippen LogP contribution in [0.1, 0.15) is 11.1 Å². The van der Waals surface area contributed by atoms with E-state index in [0.29, 0.717) is 23.9 Å². The van der Waals surface area contributed by atoms with E-state index in [1.807, 2.05) is 42.5 Å². The van der Waals surface area contributed by atoms with Gasteiger partial charge in [-0.25, -0.2) is 9.97 Å². The molecule has 6 nitrogen and oxygen atoms in total. The number of nitrogens with one attached hydrogen (secondary N) is 1. The highest BCUT2D eigenvalue weighted by atomic mass is 16.5. The molecule has 0 aliphatic rings. The van der Waals surface area contributed by atoms with Crippen LogP contribution in [0.4, 0.5) is 5.82 Å². The van der Waals surface area contributed by atoms with Gasteiger partial charge in [-0.2, -0.15) is 0 Å². The maximum Gasteiger partial charge on any atom is 0.162 e. The molecule has 4 aromatic rings. The molecule has 1 heterocycles. The maximum absolute atomic E-state index is 5.51. The number of aryl methyl sites for hydroxylation is 1. The van der Waals surface area contributed by atoms with Gasteiger partial charge in [0.05, 0.1) is 26.8 Å². The number of para-hydroxylation sites is 1. The molecule has 0 fully saturated rings. The van der Waals surface area contributed by atoms with Gasteiger partial charge < -0.3 is 19.5 Å². The van der Waals surface area contributed by atoms with Crippen molar-refractivity contribution >= 4 is 16.7 Å². The van der Waals surface area contributed by atoms with E-state index in [2.05, 4.69) is 30.4 Å². The van der Waals surface area contributed by atoms with E-state index in [1.165, 1.54) is 5.56 Å². The number of rotatable bonds is 8. The zero-order valence-electron chi connectivity index (χ0n) is 18.8. The number of methoxy groups -OCH3 is 3. The molecule has 4 rings (SSSR count). The van der Waals surface area contributed by atoms with E-state index >= 15 is 0 Å². The number of ether oxygens (including phenoxy) is 3. The van der Waals surface area contributed by atoms with Crippen molar-refractivity contribution in [2.45, 2.75) is 13.3 Å². The summed E-state index contributed by atoms with van der Waals surface area (Å²) in [5, 5.41) is 4.37. The van der Waals surface area contributed by atoms with E-state index in [9.17, 15) is 0 Å². The Bertz CT molecular complexity index is 1220. The van der Waals surface area contributed by atoms with Crippen LogP contribution < -0.4 is 19.5 Å². The highest BCUT2D eigenvalue weighted by Gasteiger charge is 2.14. The van der Waals surface area contributed by atoms with Crippen LogP contribution in [0.5, 0.6) is 17.2 Å². The van der Waals surface area contributed by atoms with Crippen molar-refractivity contribution in [3.05, 3.63) is 71.8 Å². The number of fused-ring (bicyclic) bond motifs is 1. The van der Waals surface area contributed by atoms with E-state index < -0.39 is 0 Å². The lowest BCUT2D eigenvalue weighted by atomic mass is 10.1. The van der Waals surface area contributed by atoms with Crippen molar-refractivity contribution in [1.82, 2.24) is 9.97 Å². The fourth-order valence-corrected chi connectivity index (χ4v) is 3.65. The highest BCUT2D eigenvalue weighted by molar-refractivity contribution is 5.93. The second-order valence-corrected chi connectivity index (χ2v) is 7.47. The standard InChI is InChI=1S/C26H27N3O3/c1-17-9-11-19(12-10-17)25-28-21-16-24(32-4)23(31-3)15-20(21)26(29-25)27-14-13-18-7-5-6-8-22(18)30-2/h5-12,15-16H,13-14H2,1-4H3,(H,27,28,29). The molecule has 0 bridgehead atoms. The van der Waals surface area contributed by atoms with Crippen molar-refractivity contribution < 1.29 is 14.2 Å². The third-order valence-electron chi connectivity index (χ3n) is 5.39. The van der Waals surface area contributed by atoms with Crippen molar-refractivity contribution in [3.63, 3.8) is 0 Å². The Morgan fingerprint density at radius 3 is 2.19 bits per heavy atom. The van der Waals surface area contributed by atoms with E-state index in [0.717, 1.165) is 40.0 Å². The predicted octanol–water partition coefficient (Wildman–Crippen LogP) is 5.29. The third-order valence-corrected chi connectivity index (χ3v) is 5.39. The Hall–Kier alpha value is -3.80. The predicted molar refractivity (Wildman–Crippen MR) is 128 cm³/mol. The fourth-order valence-electron chi connectivity index (χ4n) is 3.65. The van der Waals surface area contributed by atoms with Crippen molar-refractivity contribution in [2.75, 3.05) is 33.2 Å². The molecule has 0 saturated carbocycles. The monoisotopic (exact) mass is 429 g/mol. The average Bonchev–Trinajstić information content (AvgIpc) is 2.83. The number of hydrogen-bond acceptors (Lipinski definition) is 6. The first-order valence-electron chi connectivity index (χ1n) is 10.5. The molecule has 0 amide bonds. The largest absolute Gasteiger partial charge is 0.496 e. The molecular formula is C26H27N3O3. The Morgan fingerprint density at radius 2 is 1.47 bits per heavy atom. The lowest BCUT2D eigenvalue weighted by molar-refractivity contribution is 0.356. The molecule has 1 aromatic heterocycles. The second kappa shape index (κ2) is 9.56. The molecule has 1 N–H and O–H groups in total. The lowest BCUT2D eigenvalue weighted by Gasteiger charge is -2.15. The number of anilines is 1. The summed E-state index contributed by atoms with van der Waals surface area (Å²) in [6.07, 6.45) is 0.794. The van der Waals surface area contributed by atoms with Gasteiger partial charge in [0.2, 0.25) is 0 Å². The van der Waals surface area contributed by atoms with Gasteiger partial charge in [-0.15, -0.1) is 0 Å². The van der Waals surface area contributed by atoms with Gasteiger partial charge in [-0.3, -0.25) is 0 Å². The quantitative estimate of drug-likeness (QED) is 0.411. The Kier molecular flexibility index (Phi) is 6.40. The molecule has 0 unspecified atom stereocenters. The van der Waals surface area contributed by atoms with E-state index in [4.69, 9.17) is 24.2 Å². The molecule has 0 saturated heterocycles. The van der Waals surface area contributed by atoms with Gasteiger partial charge >= 0.3 is 0 Å². The molecule has 3 aromatic carbocycles. The summed E-state index contributed by atoms with van der Waals surface area (Å²) in [6.45, 7) is 2.75. The number of nitrogens with zero attached hydrogens (tertiary/aromatic N) is 2. The summed E-state index contributed by atoms with van der Waals surface area (Å²) >= 11 is 0. The second-order valence-electron chi connectivity index (χ2n) is 7.47. The number of hydrogen-bond donors (Lipinski definition) is 1. The van der Waals surface area contributed by atoms with Gasteiger partial charge in [0, 0.05) is 23.6 Å². The Balaban J connectivity index is 1.73. The van der Waals surface area contributed by atoms with Gasteiger partial charge in [-0.1, -0.05) is 48.0 Å². The smallest absolute Gasteiger partial charge is 0.162 e. The van der Waals surface area contributed by atoms with Gasteiger partial charge in [-0.05, 0) is 31.0 Å². The normalized spacial score (nSPS) is 10.8. The van der Waals surface area contributed by atoms with Gasteiger partial charge in [0.15, 0.2) is 17.3 Å². The van der Waals surface area contributed by atoms with Crippen LogP contribution >= 0.6 is 0 Å². The lowest BCUT2D eigenvalue weighted by Crippen LogP contribution is -2.09. The first kappa shape index (κ1) is 21.4. The van der Waals surface area contributed by atoms with Crippen molar-refractivity contribution in [3.8, 4) is 28.6 Å². The van der Waals surface area contributed by atoms with E-state index in [1.54, 1.807) is 21.3 Å². The summed E-state index contributed by atoms with van der Waals surface area (Å²) in [7, 11) is 4.94. The molecule has 164 valence electrons. The van der Waals surface area contributed by atoms with Crippen molar-refractivity contribution in [2.24, 2.45) is 0 Å². The van der Waals surface area contributed by atoms with Crippen molar-refractivity contribution in [1.29, 1.82) is 0 Å². The van der Waals surface area contributed by atoms with Crippen LogP contribution in [-0.4, -0.2) is 37.8 Å².